The van der Waals surface area contributed by atoms with Crippen LogP contribution < -0.4 is 5.32 Å². The summed E-state index contributed by atoms with van der Waals surface area (Å²) >= 11 is 3.52. The van der Waals surface area contributed by atoms with Crippen LogP contribution in [0.5, 0.6) is 0 Å². The smallest absolute Gasteiger partial charge is 0.224 e. The van der Waals surface area contributed by atoms with Gasteiger partial charge in [0.1, 0.15) is 0 Å². The predicted octanol–water partition coefficient (Wildman–Crippen LogP) is 4.58. The van der Waals surface area contributed by atoms with Crippen molar-refractivity contribution in [3.8, 4) is 0 Å². The number of aryl methyl sites for hydroxylation is 2. The highest BCUT2D eigenvalue weighted by Gasteiger charge is 2.19. The van der Waals surface area contributed by atoms with Crippen molar-refractivity contribution in [3.05, 3.63) is 27.7 Å². The van der Waals surface area contributed by atoms with E-state index in [1.807, 2.05) is 13.0 Å². The Bertz CT molecular complexity index is 427. The molecule has 0 aliphatic heterocycles. The van der Waals surface area contributed by atoms with Gasteiger partial charge in [0, 0.05) is 10.9 Å². The Morgan fingerprint density at radius 3 is 2.61 bits per heavy atom. The van der Waals surface area contributed by atoms with Gasteiger partial charge in [-0.1, -0.05) is 18.9 Å². The Morgan fingerprint density at radius 2 is 2.00 bits per heavy atom. The maximum absolute atomic E-state index is 12.0. The normalized spacial score (nSPS) is 15.9. The van der Waals surface area contributed by atoms with Crippen LogP contribution in [0.15, 0.2) is 16.6 Å². The predicted molar refractivity (Wildman–Crippen MR) is 78.8 cm³/mol. The average Bonchev–Trinajstić information content (AvgIpc) is 2.76. The highest BCUT2D eigenvalue weighted by molar-refractivity contribution is 9.10. The van der Waals surface area contributed by atoms with Crippen molar-refractivity contribution in [2.75, 3.05) is 5.32 Å². The number of carbonyl (C=O) groups excluding carboxylic acids is 1. The lowest BCUT2D eigenvalue weighted by atomic mass is 10.0. The molecular weight excluding hydrogens is 290 g/mol. The van der Waals surface area contributed by atoms with E-state index < -0.39 is 0 Å². The fraction of sp³-hybridized carbons (Fsp3) is 0.533. The average molecular weight is 310 g/mol. The number of amides is 1. The molecule has 18 heavy (non-hydrogen) atoms. The van der Waals surface area contributed by atoms with E-state index in [0.717, 1.165) is 15.7 Å². The Balaban J connectivity index is 2.02. The highest BCUT2D eigenvalue weighted by atomic mass is 79.9. The summed E-state index contributed by atoms with van der Waals surface area (Å²) in [5.74, 6) is 0.740. The molecule has 0 radical (unpaired) electrons. The molecule has 0 bridgehead atoms. The van der Waals surface area contributed by atoms with E-state index in [9.17, 15) is 4.79 Å². The van der Waals surface area contributed by atoms with Crippen LogP contribution >= 0.6 is 15.9 Å². The van der Waals surface area contributed by atoms with E-state index in [0.29, 0.717) is 12.3 Å². The molecule has 0 saturated heterocycles. The Hall–Kier alpha value is -0.830. The lowest BCUT2D eigenvalue weighted by Crippen LogP contribution is -2.16. The van der Waals surface area contributed by atoms with Crippen molar-refractivity contribution in [1.82, 2.24) is 0 Å². The first-order valence-electron chi connectivity index (χ1n) is 6.63. The molecule has 1 aliphatic rings. The monoisotopic (exact) mass is 309 g/mol. The third kappa shape index (κ3) is 3.35. The minimum absolute atomic E-state index is 0.148. The molecule has 0 heterocycles. The summed E-state index contributed by atoms with van der Waals surface area (Å²) in [6, 6.07) is 4.13. The van der Waals surface area contributed by atoms with Gasteiger partial charge in [-0.05, 0) is 65.7 Å². The molecule has 1 N–H and O–H groups in total. The molecule has 1 aromatic carbocycles. The lowest BCUT2D eigenvalue weighted by Gasteiger charge is -2.13. The second-order valence-electron chi connectivity index (χ2n) is 5.34. The van der Waals surface area contributed by atoms with Gasteiger partial charge >= 0.3 is 0 Å². The summed E-state index contributed by atoms with van der Waals surface area (Å²) in [6.07, 6.45) is 5.65. The Kier molecular flexibility index (Phi) is 4.44. The summed E-state index contributed by atoms with van der Waals surface area (Å²) in [5.41, 5.74) is 3.23. The van der Waals surface area contributed by atoms with Crippen molar-refractivity contribution in [2.24, 2.45) is 5.92 Å². The Morgan fingerprint density at radius 1 is 1.33 bits per heavy atom. The van der Waals surface area contributed by atoms with E-state index in [4.69, 9.17) is 0 Å². The quantitative estimate of drug-likeness (QED) is 0.869. The van der Waals surface area contributed by atoms with Crippen LogP contribution in [0.2, 0.25) is 0 Å². The van der Waals surface area contributed by atoms with Gasteiger partial charge in [0.15, 0.2) is 0 Å². The van der Waals surface area contributed by atoms with Crippen LogP contribution in [-0.4, -0.2) is 5.91 Å². The van der Waals surface area contributed by atoms with Crippen LogP contribution in [0, 0.1) is 19.8 Å². The van der Waals surface area contributed by atoms with E-state index in [1.165, 1.54) is 31.2 Å². The van der Waals surface area contributed by atoms with Gasteiger partial charge in [-0.3, -0.25) is 4.79 Å². The number of anilines is 1. The first kappa shape index (κ1) is 13.6. The van der Waals surface area contributed by atoms with Crippen LogP contribution in [0.4, 0.5) is 5.69 Å². The van der Waals surface area contributed by atoms with Gasteiger partial charge in [-0.15, -0.1) is 0 Å². The number of hydrogen-bond donors (Lipinski definition) is 1. The van der Waals surface area contributed by atoms with Crippen molar-refractivity contribution < 1.29 is 4.79 Å². The highest BCUT2D eigenvalue weighted by Crippen LogP contribution is 2.30. The molecule has 1 amide bonds. The van der Waals surface area contributed by atoms with Gasteiger partial charge in [-0.25, -0.2) is 0 Å². The molecule has 0 aromatic heterocycles. The topological polar surface area (TPSA) is 29.1 Å². The van der Waals surface area contributed by atoms with E-state index in [2.05, 4.69) is 34.2 Å². The van der Waals surface area contributed by atoms with Gasteiger partial charge in [-0.2, -0.15) is 0 Å². The second kappa shape index (κ2) is 5.87. The van der Waals surface area contributed by atoms with E-state index in [1.54, 1.807) is 0 Å². The summed E-state index contributed by atoms with van der Waals surface area (Å²) in [6.45, 7) is 4.09. The van der Waals surface area contributed by atoms with Crippen LogP contribution in [-0.2, 0) is 4.79 Å². The van der Waals surface area contributed by atoms with Gasteiger partial charge < -0.3 is 5.32 Å². The molecule has 0 atom stereocenters. The summed E-state index contributed by atoms with van der Waals surface area (Å²) < 4.78 is 0.972. The zero-order valence-corrected chi connectivity index (χ0v) is 12.6. The van der Waals surface area contributed by atoms with Crippen molar-refractivity contribution in [2.45, 2.75) is 46.0 Å². The molecule has 1 saturated carbocycles. The molecule has 1 aliphatic carbocycles. The standard InChI is InChI=1S/C15H20BrNO/c1-10-7-11(2)15(13(16)8-10)17-14(18)9-12-5-3-4-6-12/h7-8,12H,3-6,9H2,1-2H3,(H,17,18). The molecular formula is C15H20BrNO. The zero-order chi connectivity index (χ0) is 13.1. The lowest BCUT2D eigenvalue weighted by molar-refractivity contribution is -0.117. The summed E-state index contributed by atoms with van der Waals surface area (Å²) in [4.78, 5) is 12.0. The number of carbonyl (C=O) groups is 1. The molecule has 1 fully saturated rings. The van der Waals surface area contributed by atoms with E-state index >= 15 is 0 Å². The summed E-state index contributed by atoms with van der Waals surface area (Å²) in [5, 5.41) is 3.05. The SMILES string of the molecule is Cc1cc(C)c(NC(=O)CC2CCCC2)c(Br)c1. The molecule has 1 aromatic rings. The second-order valence-corrected chi connectivity index (χ2v) is 6.20. The fourth-order valence-corrected chi connectivity index (χ4v) is 3.51. The number of hydrogen-bond acceptors (Lipinski definition) is 1. The Labute approximate surface area is 117 Å². The first-order valence-corrected chi connectivity index (χ1v) is 7.42. The van der Waals surface area contributed by atoms with Gasteiger partial charge in [0.2, 0.25) is 5.91 Å². The van der Waals surface area contributed by atoms with Crippen LogP contribution in [0.25, 0.3) is 0 Å². The van der Waals surface area contributed by atoms with Crippen molar-refractivity contribution >= 4 is 27.5 Å². The molecule has 0 spiro atoms. The minimum atomic E-state index is 0.148. The van der Waals surface area contributed by atoms with Gasteiger partial charge in [0.05, 0.1) is 5.69 Å². The largest absolute Gasteiger partial charge is 0.325 e. The molecule has 3 heteroatoms. The molecule has 2 rings (SSSR count). The molecule has 0 unspecified atom stereocenters. The third-order valence-corrected chi connectivity index (χ3v) is 4.27. The molecule has 98 valence electrons. The number of nitrogens with one attached hydrogen (secondary N) is 1. The zero-order valence-electron chi connectivity index (χ0n) is 11.1. The maximum atomic E-state index is 12.0. The summed E-state index contributed by atoms with van der Waals surface area (Å²) in [7, 11) is 0. The minimum Gasteiger partial charge on any atom is -0.325 e. The van der Waals surface area contributed by atoms with E-state index in [-0.39, 0.29) is 5.91 Å². The molecule has 2 nitrogen and oxygen atoms in total. The number of rotatable bonds is 3. The van der Waals surface area contributed by atoms with Gasteiger partial charge in [0.25, 0.3) is 0 Å². The number of benzene rings is 1. The van der Waals surface area contributed by atoms with Crippen molar-refractivity contribution in [3.63, 3.8) is 0 Å². The first-order chi connectivity index (χ1) is 8.56. The van der Waals surface area contributed by atoms with Crippen LogP contribution in [0.3, 0.4) is 0 Å². The maximum Gasteiger partial charge on any atom is 0.224 e. The third-order valence-electron chi connectivity index (χ3n) is 3.64. The van der Waals surface area contributed by atoms with Crippen molar-refractivity contribution in [1.29, 1.82) is 0 Å². The number of halogens is 1. The van der Waals surface area contributed by atoms with Crippen LogP contribution in [0.1, 0.15) is 43.2 Å². The fourth-order valence-electron chi connectivity index (χ4n) is 2.74.